The predicted molar refractivity (Wildman–Crippen MR) is 59.4 cm³/mol. The average molecular weight is 228 g/mol. The molecule has 0 saturated carbocycles. The molecular formula is C9H16N4O3. The van der Waals surface area contributed by atoms with E-state index in [1.54, 1.807) is 7.05 Å². The molecule has 0 radical (unpaired) electrons. The summed E-state index contributed by atoms with van der Waals surface area (Å²) in [7, 11) is 1.66. The zero-order chi connectivity index (χ0) is 12.1. The molecule has 7 nitrogen and oxygen atoms in total. The van der Waals surface area contributed by atoms with E-state index in [9.17, 15) is 10.1 Å². The molecule has 0 bridgehead atoms. The highest BCUT2D eigenvalue weighted by molar-refractivity contribution is 5.59. The molecule has 90 valence electrons. The Morgan fingerprint density at radius 1 is 1.62 bits per heavy atom. The molecule has 2 N–H and O–H groups in total. The van der Waals surface area contributed by atoms with E-state index in [4.69, 9.17) is 5.11 Å². The largest absolute Gasteiger partial charge is 0.396 e. The highest BCUT2D eigenvalue weighted by Gasteiger charge is 2.24. The second-order valence-electron chi connectivity index (χ2n) is 3.38. The molecule has 0 aliphatic heterocycles. The number of nitro groups is 1. The van der Waals surface area contributed by atoms with Crippen molar-refractivity contribution in [2.24, 2.45) is 7.05 Å². The molecule has 0 amide bonds. The predicted octanol–water partition coefficient (Wildman–Crippen LogP) is 0.685. The Labute approximate surface area is 93.2 Å². The van der Waals surface area contributed by atoms with Gasteiger partial charge in [0.05, 0.1) is 4.92 Å². The molecule has 0 spiro atoms. The summed E-state index contributed by atoms with van der Waals surface area (Å²) in [5.74, 6) is 0.398. The zero-order valence-electron chi connectivity index (χ0n) is 9.43. The van der Waals surface area contributed by atoms with Gasteiger partial charge in [0.15, 0.2) is 0 Å². The number of hydrogen-bond acceptors (Lipinski definition) is 5. The van der Waals surface area contributed by atoms with Crippen LogP contribution in [-0.2, 0) is 13.5 Å². The monoisotopic (exact) mass is 228 g/mol. The van der Waals surface area contributed by atoms with Crippen LogP contribution in [0.15, 0.2) is 0 Å². The maximum absolute atomic E-state index is 10.9. The SMILES string of the molecule is CCc1nn(C)c(NCCCO)c1[N+](=O)[O-]. The summed E-state index contributed by atoms with van der Waals surface area (Å²) in [6, 6.07) is 0. The Bertz CT molecular complexity index is 375. The second kappa shape index (κ2) is 5.45. The van der Waals surface area contributed by atoms with Gasteiger partial charge in [-0.25, -0.2) is 4.68 Å². The summed E-state index contributed by atoms with van der Waals surface area (Å²) < 4.78 is 1.47. The molecule has 16 heavy (non-hydrogen) atoms. The Morgan fingerprint density at radius 2 is 2.31 bits per heavy atom. The Morgan fingerprint density at radius 3 is 2.81 bits per heavy atom. The number of aliphatic hydroxyl groups excluding tert-OH is 1. The maximum atomic E-state index is 10.9. The molecule has 0 aromatic carbocycles. The van der Waals surface area contributed by atoms with Gasteiger partial charge in [0.25, 0.3) is 0 Å². The molecule has 0 aliphatic carbocycles. The van der Waals surface area contributed by atoms with E-state index < -0.39 is 4.92 Å². The molecule has 0 aliphatic rings. The van der Waals surface area contributed by atoms with Crippen LogP contribution >= 0.6 is 0 Å². The van der Waals surface area contributed by atoms with Crippen molar-refractivity contribution in [3.63, 3.8) is 0 Å². The molecule has 1 aromatic rings. The van der Waals surface area contributed by atoms with Gasteiger partial charge in [-0.05, 0) is 12.8 Å². The normalized spacial score (nSPS) is 10.4. The Kier molecular flexibility index (Phi) is 4.24. The van der Waals surface area contributed by atoms with Crippen molar-refractivity contribution < 1.29 is 10.0 Å². The third-order valence-electron chi connectivity index (χ3n) is 2.24. The van der Waals surface area contributed by atoms with Crippen molar-refractivity contribution in [1.29, 1.82) is 0 Å². The van der Waals surface area contributed by atoms with Gasteiger partial charge >= 0.3 is 5.69 Å². The van der Waals surface area contributed by atoms with Crippen molar-refractivity contribution in [3.05, 3.63) is 15.8 Å². The molecule has 1 heterocycles. The minimum absolute atomic E-state index is 0.0305. The van der Waals surface area contributed by atoms with E-state index in [1.807, 2.05) is 6.92 Å². The van der Waals surface area contributed by atoms with Gasteiger partial charge < -0.3 is 10.4 Å². The van der Waals surface area contributed by atoms with Crippen molar-refractivity contribution in [3.8, 4) is 0 Å². The van der Waals surface area contributed by atoms with Crippen molar-refractivity contribution in [2.75, 3.05) is 18.5 Å². The first kappa shape index (κ1) is 12.4. The van der Waals surface area contributed by atoms with Crippen LogP contribution in [0.1, 0.15) is 19.0 Å². The highest BCUT2D eigenvalue weighted by Crippen LogP contribution is 2.28. The molecule has 1 rings (SSSR count). The van der Waals surface area contributed by atoms with Crippen LogP contribution in [0.3, 0.4) is 0 Å². The smallest absolute Gasteiger partial charge is 0.333 e. The average Bonchev–Trinajstić information content (AvgIpc) is 2.56. The number of anilines is 1. The van der Waals surface area contributed by atoms with Crippen molar-refractivity contribution in [1.82, 2.24) is 9.78 Å². The first-order valence-electron chi connectivity index (χ1n) is 5.16. The molecular weight excluding hydrogens is 212 g/mol. The van der Waals surface area contributed by atoms with Crippen molar-refractivity contribution >= 4 is 11.5 Å². The molecule has 7 heteroatoms. The number of nitrogens with one attached hydrogen (secondary N) is 1. The van der Waals surface area contributed by atoms with Crippen LogP contribution in [0.25, 0.3) is 0 Å². The first-order valence-corrected chi connectivity index (χ1v) is 5.16. The lowest BCUT2D eigenvalue weighted by atomic mass is 10.3. The summed E-state index contributed by atoms with van der Waals surface area (Å²) in [4.78, 5) is 10.5. The Hall–Kier alpha value is -1.63. The summed E-state index contributed by atoms with van der Waals surface area (Å²) in [6.45, 7) is 2.37. The third kappa shape index (κ3) is 2.48. The first-order chi connectivity index (χ1) is 7.61. The lowest BCUT2D eigenvalue weighted by molar-refractivity contribution is -0.384. The zero-order valence-corrected chi connectivity index (χ0v) is 9.43. The van der Waals surface area contributed by atoms with E-state index in [1.165, 1.54) is 4.68 Å². The topological polar surface area (TPSA) is 93.2 Å². The fraction of sp³-hybridized carbons (Fsp3) is 0.667. The maximum Gasteiger partial charge on any atom is 0.333 e. The molecule has 0 unspecified atom stereocenters. The summed E-state index contributed by atoms with van der Waals surface area (Å²) >= 11 is 0. The minimum atomic E-state index is -0.423. The summed E-state index contributed by atoms with van der Waals surface area (Å²) in [5, 5.41) is 26.6. The van der Waals surface area contributed by atoms with Crippen LogP contribution in [-0.4, -0.2) is 33.0 Å². The van der Waals surface area contributed by atoms with E-state index in [0.29, 0.717) is 30.9 Å². The van der Waals surface area contributed by atoms with E-state index in [-0.39, 0.29) is 12.3 Å². The highest BCUT2D eigenvalue weighted by atomic mass is 16.6. The molecule has 0 saturated heterocycles. The van der Waals surface area contributed by atoms with Gasteiger partial charge in [0.2, 0.25) is 5.82 Å². The lowest BCUT2D eigenvalue weighted by Gasteiger charge is -2.04. The Balaban J connectivity index is 2.96. The number of aryl methyl sites for hydroxylation is 2. The fourth-order valence-electron chi connectivity index (χ4n) is 1.48. The summed E-state index contributed by atoms with van der Waals surface area (Å²) in [6.07, 6.45) is 1.07. The minimum Gasteiger partial charge on any atom is -0.396 e. The number of aromatic nitrogens is 2. The second-order valence-corrected chi connectivity index (χ2v) is 3.38. The van der Waals surface area contributed by atoms with E-state index in [2.05, 4.69) is 10.4 Å². The fourth-order valence-corrected chi connectivity index (χ4v) is 1.48. The van der Waals surface area contributed by atoms with E-state index in [0.717, 1.165) is 0 Å². The van der Waals surface area contributed by atoms with Gasteiger partial charge in [-0.2, -0.15) is 5.10 Å². The number of nitrogens with zero attached hydrogens (tertiary/aromatic N) is 3. The van der Waals surface area contributed by atoms with Gasteiger partial charge in [-0.1, -0.05) is 6.92 Å². The number of rotatable bonds is 6. The quantitative estimate of drug-likeness (QED) is 0.424. The van der Waals surface area contributed by atoms with Crippen LogP contribution in [0.4, 0.5) is 11.5 Å². The van der Waals surface area contributed by atoms with E-state index >= 15 is 0 Å². The summed E-state index contributed by atoms with van der Waals surface area (Å²) in [5.41, 5.74) is 0.502. The van der Waals surface area contributed by atoms with Crippen LogP contribution in [0.5, 0.6) is 0 Å². The van der Waals surface area contributed by atoms with Crippen LogP contribution in [0.2, 0.25) is 0 Å². The molecule has 1 aromatic heterocycles. The third-order valence-corrected chi connectivity index (χ3v) is 2.24. The molecule has 0 fully saturated rings. The molecule has 0 atom stereocenters. The van der Waals surface area contributed by atoms with Crippen molar-refractivity contribution in [2.45, 2.75) is 19.8 Å². The van der Waals surface area contributed by atoms with Gasteiger partial charge in [-0.3, -0.25) is 10.1 Å². The van der Waals surface area contributed by atoms with Gasteiger partial charge in [0, 0.05) is 20.2 Å². The van der Waals surface area contributed by atoms with Crippen LogP contribution < -0.4 is 5.32 Å². The van der Waals surface area contributed by atoms with Gasteiger partial charge in [-0.15, -0.1) is 0 Å². The standard InChI is InChI=1S/C9H16N4O3/c1-3-7-8(13(15)16)9(12(2)11-7)10-5-4-6-14/h10,14H,3-6H2,1-2H3. The number of hydrogen-bond donors (Lipinski definition) is 2. The van der Waals surface area contributed by atoms with Crippen LogP contribution in [0, 0.1) is 10.1 Å². The lowest BCUT2D eigenvalue weighted by Crippen LogP contribution is -2.09. The van der Waals surface area contributed by atoms with Gasteiger partial charge in [0.1, 0.15) is 5.69 Å². The number of aliphatic hydroxyl groups is 1.